The number of piperazine rings is 1. The highest BCUT2D eigenvalue weighted by molar-refractivity contribution is 7.13. The Bertz CT molecular complexity index is 545. The molecule has 2 N–H and O–H groups in total. The molecule has 0 atom stereocenters. The lowest BCUT2D eigenvalue weighted by molar-refractivity contribution is 0.651. The van der Waals surface area contributed by atoms with Crippen molar-refractivity contribution in [3.8, 4) is 0 Å². The third kappa shape index (κ3) is 2.51. The zero-order valence-electron chi connectivity index (χ0n) is 11.0. The van der Waals surface area contributed by atoms with Gasteiger partial charge in [-0.25, -0.2) is 4.98 Å². The first kappa shape index (κ1) is 12.3. The van der Waals surface area contributed by atoms with Crippen LogP contribution < -0.4 is 15.5 Å². The maximum atomic E-state index is 5.81. The molecule has 1 saturated heterocycles. The van der Waals surface area contributed by atoms with Crippen LogP contribution in [0.1, 0.15) is 5.56 Å². The van der Waals surface area contributed by atoms with Crippen molar-refractivity contribution in [1.82, 2.24) is 4.98 Å². The smallest absolute Gasteiger partial charge is 0.185 e. The minimum absolute atomic E-state index is 0.836. The van der Waals surface area contributed by atoms with Crippen LogP contribution in [0.2, 0.25) is 0 Å². The summed E-state index contributed by atoms with van der Waals surface area (Å²) in [6.07, 6.45) is 1.87. The van der Waals surface area contributed by atoms with Crippen molar-refractivity contribution in [2.75, 3.05) is 41.7 Å². The van der Waals surface area contributed by atoms with Gasteiger partial charge in [-0.05, 0) is 30.7 Å². The fraction of sp³-hybridized carbons (Fsp3) is 0.357. The fourth-order valence-corrected chi connectivity index (χ4v) is 3.24. The van der Waals surface area contributed by atoms with Gasteiger partial charge in [0.25, 0.3) is 0 Å². The predicted molar refractivity (Wildman–Crippen MR) is 82.1 cm³/mol. The number of thiazole rings is 1. The van der Waals surface area contributed by atoms with Gasteiger partial charge in [-0.15, -0.1) is 11.3 Å². The second kappa shape index (κ2) is 5.09. The summed E-state index contributed by atoms with van der Waals surface area (Å²) < 4.78 is 0. The zero-order valence-corrected chi connectivity index (χ0v) is 11.9. The molecule has 5 heteroatoms. The van der Waals surface area contributed by atoms with Crippen LogP contribution in [0.25, 0.3) is 0 Å². The van der Waals surface area contributed by atoms with Crippen LogP contribution in [-0.4, -0.2) is 31.2 Å². The van der Waals surface area contributed by atoms with Crippen molar-refractivity contribution in [3.63, 3.8) is 0 Å². The monoisotopic (exact) mass is 274 g/mol. The third-order valence-electron chi connectivity index (χ3n) is 3.53. The molecule has 1 aliphatic rings. The summed E-state index contributed by atoms with van der Waals surface area (Å²) in [5.74, 6) is 0. The van der Waals surface area contributed by atoms with E-state index >= 15 is 0 Å². The highest BCUT2D eigenvalue weighted by Gasteiger charge is 2.19. The number of benzene rings is 1. The van der Waals surface area contributed by atoms with E-state index in [9.17, 15) is 0 Å². The van der Waals surface area contributed by atoms with Crippen molar-refractivity contribution in [1.29, 1.82) is 0 Å². The molecule has 0 saturated carbocycles. The van der Waals surface area contributed by atoms with Gasteiger partial charge in [-0.2, -0.15) is 0 Å². The van der Waals surface area contributed by atoms with E-state index in [0.29, 0.717) is 0 Å². The Morgan fingerprint density at radius 2 is 1.89 bits per heavy atom. The van der Waals surface area contributed by atoms with Gasteiger partial charge in [0.1, 0.15) is 0 Å². The Labute approximate surface area is 117 Å². The molecule has 100 valence electrons. The molecule has 0 aliphatic carbocycles. The van der Waals surface area contributed by atoms with Gasteiger partial charge in [0.2, 0.25) is 0 Å². The average molecular weight is 274 g/mol. The average Bonchev–Trinajstić information content (AvgIpc) is 2.93. The molecule has 0 radical (unpaired) electrons. The maximum absolute atomic E-state index is 5.81. The lowest BCUT2D eigenvalue weighted by atomic mass is 10.1. The lowest BCUT2D eigenvalue weighted by Crippen LogP contribution is -2.46. The molecular formula is C14H18N4S. The summed E-state index contributed by atoms with van der Waals surface area (Å²) in [5.41, 5.74) is 9.20. The maximum Gasteiger partial charge on any atom is 0.185 e. The molecule has 2 heterocycles. The van der Waals surface area contributed by atoms with E-state index in [4.69, 9.17) is 5.73 Å². The molecule has 1 aromatic carbocycles. The Morgan fingerprint density at radius 3 is 2.53 bits per heavy atom. The first-order valence-electron chi connectivity index (χ1n) is 6.49. The zero-order chi connectivity index (χ0) is 13.2. The molecule has 4 nitrogen and oxygen atoms in total. The molecule has 2 aromatic rings. The molecule has 0 bridgehead atoms. The standard InChI is InChI=1S/C14H18N4S/c1-11-10-12(15)2-3-13(11)17-5-7-18(8-6-17)14-16-4-9-19-14/h2-4,9-10H,5-8,15H2,1H3. The Hall–Kier alpha value is -1.75. The molecule has 19 heavy (non-hydrogen) atoms. The summed E-state index contributed by atoms with van der Waals surface area (Å²) in [7, 11) is 0. The van der Waals surface area contributed by atoms with Crippen LogP contribution in [0.4, 0.5) is 16.5 Å². The van der Waals surface area contributed by atoms with Gasteiger partial charge in [-0.3, -0.25) is 0 Å². The van der Waals surface area contributed by atoms with E-state index in [1.807, 2.05) is 23.7 Å². The quantitative estimate of drug-likeness (QED) is 0.854. The van der Waals surface area contributed by atoms with Crippen molar-refractivity contribution in [2.24, 2.45) is 0 Å². The fourth-order valence-electron chi connectivity index (χ4n) is 2.54. The Balaban J connectivity index is 1.70. The molecule has 1 aliphatic heterocycles. The van der Waals surface area contributed by atoms with Gasteiger partial charge in [0.05, 0.1) is 0 Å². The van der Waals surface area contributed by atoms with Gasteiger partial charge < -0.3 is 15.5 Å². The number of anilines is 3. The molecule has 0 unspecified atom stereocenters. The van der Waals surface area contributed by atoms with Gasteiger partial charge in [-0.1, -0.05) is 0 Å². The summed E-state index contributed by atoms with van der Waals surface area (Å²) in [4.78, 5) is 9.16. The molecule has 0 spiro atoms. The minimum atomic E-state index is 0.836. The summed E-state index contributed by atoms with van der Waals surface area (Å²) in [5, 5.41) is 3.17. The second-order valence-electron chi connectivity index (χ2n) is 4.83. The third-order valence-corrected chi connectivity index (χ3v) is 4.36. The molecule has 0 amide bonds. The Morgan fingerprint density at radius 1 is 1.16 bits per heavy atom. The van der Waals surface area contributed by atoms with Gasteiger partial charge in [0.15, 0.2) is 5.13 Å². The van der Waals surface area contributed by atoms with Crippen LogP contribution in [0.15, 0.2) is 29.8 Å². The SMILES string of the molecule is Cc1cc(N)ccc1N1CCN(c2nccs2)CC1. The largest absolute Gasteiger partial charge is 0.399 e. The van der Waals surface area contributed by atoms with E-state index in [2.05, 4.69) is 27.8 Å². The number of hydrogen-bond donors (Lipinski definition) is 1. The topological polar surface area (TPSA) is 45.4 Å². The molecule has 1 fully saturated rings. The summed E-state index contributed by atoms with van der Waals surface area (Å²) in [6.45, 7) is 6.24. The number of nitrogens with zero attached hydrogens (tertiary/aromatic N) is 3. The number of aryl methyl sites for hydroxylation is 1. The van der Waals surface area contributed by atoms with Crippen molar-refractivity contribution in [2.45, 2.75) is 6.92 Å². The van der Waals surface area contributed by atoms with Crippen LogP contribution in [0.3, 0.4) is 0 Å². The molecule has 1 aromatic heterocycles. The number of rotatable bonds is 2. The second-order valence-corrected chi connectivity index (χ2v) is 5.71. The van der Waals surface area contributed by atoms with E-state index < -0.39 is 0 Å². The van der Waals surface area contributed by atoms with Gasteiger partial charge >= 0.3 is 0 Å². The number of aromatic nitrogens is 1. The minimum Gasteiger partial charge on any atom is -0.399 e. The van der Waals surface area contributed by atoms with Gasteiger partial charge in [0, 0.05) is 49.1 Å². The van der Waals surface area contributed by atoms with Crippen LogP contribution in [-0.2, 0) is 0 Å². The summed E-state index contributed by atoms with van der Waals surface area (Å²) in [6, 6.07) is 6.15. The van der Waals surface area contributed by atoms with Crippen molar-refractivity contribution >= 4 is 27.8 Å². The van der Waals surface area contributed by atoms with Crippen molar-refractivity contribution < 1.29 is 0 Å². The van der Waals surface area contributed by atoms with E-state index in [1.165, 1.54) is 11.3 Å². The van der Waals surface area contributed by atoms with Crippen LogP contribution in [0.5, 0.6) is 0 Å². The highest BCUT2D eigenvalue weighted by Crippen LogP contribution is 2.25. The van der Waals surface area contributed by atoms with Crippen LogP contribution in [0, 0.1) is 6.92 Å². The van der Waals surface area contributed by atoms with Crippen LogP contribution >= 0.6 is 11.3 Å². The molecule has 3 rings (SSSR count). The first-order chi connectivity index (χ1) is 9.24. The van der Waals surface area contributed by atoms with E-state index in [1.54, 1.807) is 11.3 Å². The lowest BCUT2D eigenvalue weighted by Gasteiger charge is -2.36. The van der Waals surface area contributed by atoms with E-state index in [0.717, 1.165) is 37.0 Å². The highest BCUT2D eigenvalue weighted by atomic mass is 32.1. The Kier molecular flexibility index (Phi) is 3.29. The van der Waals surface area contributed by atoms with E-state index in [-0.39, 0.29) is 0 Å². The molecular weight excluding hydrogens is 256 g/mol. The summed E-state index contributed by atoms with van der Waals surface area (Å²) >= 11 is 1.71. The number of hydrogen-bond acceptors (Lipinski definition) is 5. The first-order valence-corrected chi connectivity index (χ1v) is 7.37. The predicted octanol–water partition coefficient (Wildman–Crippen LogP) is 2.36. The van der Waals surface area contributed by atoms with Crippen molar-refractivity contribution in [3.05, 3.63) is 35.3 Å². The number of nitrogens with two attached hydrogens (primary N) is 1. The number of nitrogen functional groups attached to an aromatic ring is 1. The normalized spacial score (nSPS) is 15.8.